The fourth-order valence-electron chi connectivity index (χ4n) is 2.58. The predicted molar refractivity (Wildman–Crippen MR) is 75.3 cm³/mol. The lowest BCUT2D eigenvalue weighted by Gasteiger charge is -2.32. The number of rotatable bonds is 6. The van der Waals surface area contributed by atoms with Crippen molar-refractivity contribution in [2.75, 3.05) is 20.1 Å². The van der Waals surface area contributed by atoms with E-state index in [-0.39, 0.29) is 17.5 Å². The Bertz CT molecular complexity index is 272. The monoisotopic (exact) mass is 255 g/mol. The minimum Gasteiger partial charge on any atom is -0.344 e. The number of likely N-dealkylation sites (N-methyl/N-ethyl adjacent to an activating group) is 1. The second kappa shape index (κ2) is 6.53. The molecule has 2 atom stereocenters. The van der Waals surface area contributed by atoms with Crippen LogP contribution in [0, 0.1) is 5.92 Å². The molecule has 1 rings (SSSR count). The summed E-state index contributed by atoms with van der Waals surface area (Å²) < 4.78 is 0. The average Bonchev–Trinajstić information content (AvgIpc) is 2.84. The summed E-state index contributed by atoms with van der Waals surface area (Å²) in [5.41, 5.74) is 5.72. The molecule has 0 aromatic heterocycles. The summed E-state index contributed by atoms with van der Waals surface area (Å²) in [6, 6.07) is 0.175. The van der Waals surface area contributed by atoms with Gasteiger partial charge in [0.05, 0.1) is 5.54 Å². The van der Waals surface area contributed by atoms with Gasteiger partial charge < -0.3 is 16.0 Å². The Morgan fingerprint density at radius 2 is 2.17 bits per heavy atom. The number of hydrogen-bond acceptors (Lipinski definition) is 3. The molecule has 0 aromatic carbocycles. The lowest BCUT2D eigenvalue weighted by atomic mass is 9.92. The van der Waals surface area contributed by atoms with Crippen LogP contribution >= 0.6 is 0 Å². The second-order valence-corrected chi connectivity index (χ2v) is 5.89. The van der Waals surface area contributed by atoms with Gasteiger partial charge in [-0.15, -0.1) is 0 Å². The minimum absolute atomic E-state index is 0.175. The number of carbonyl (C=O) groups excluding carboxylic acids is 1. The maximum atomic E-state index is 12.5. The van der Waals surface area contributed by atoms with Gasteiger partial charge in [-0.1, -0.05) is 20.8 Å². The van der Waals surface area contributed by atoms with Crippen molar-refractivity contribution < 1.29 is 4.79 Å². The summed E-state index contributed by atoms with van der Waals surface area (Å²) in [7, 11) is 1.90. The van der Waals surface area contributed by atoms with Gasteiger partial charge in [0.15, 0.2) is 0 Å². The molecular formula is C14H29N3O. The second-order valence-electron chi connectivity index (χ2n) is 5.89. The molecule has 0 aromatic rings. The molecule has 1 heterocycles. The fourth-order valence-corrected chi connectivity index (χ4v) is 2.58. The van der Waals surface area contributed by atoms with E-state index in [0.717, 1.165) is 38.8 Å². The smallest absolute Gasteiger partial charge is 0.242 e. The van der Waals surface area contributed by atoms with Crippen LogP contribution in [0.4, 0.5) is 0 Å². The van der Waals surface area contributed by atoms with Crippen molar-refractivity contribution in [2.24, 2.45) is 11.7 Å². The van der Waals surface area contributed by atoms with E-state index < -0.39 is 0 Å². The molecule has 4 heteroatoms. The molecule has 2 unspecified atom stereocenters. The summed E-state index contributed by atoms with van der Waals surface area (Å²) in [5, 5.41) is 3.39. The summed E-state index contributed by atoms with van der Waals surface area (Å²) in [6.07, 6.45) is 3.80. The Kier molecular flexibility index (Phi) is 5.60. The molecule has 0 saturated carbocycles. The van der Waals surface area contributed by atoms with Crippen LogP contribution in [-0.2, 0) is 4.79 Å². The van der Waals surface area contributed by atoms with Gasteiger partial charge in [0.25, 0.3) is 0 Å². The summed E-state index contributed by atoms with van der Waals surface area (Å²) >= 11 is 0. The van der Waals surface area contributed by atoms with E-state index in [9.17, 15) is 4.79 Å². The zero-order chi connectivity index (χ0) is 13.8. The fraction of sp³-hybridized carbons (Fsp3) is 0.929. The Morgan fingerprint density at radius 1 is 1.50 bits per heavy atom. The lowest BCUT2D eigenvalue weighted by Crippen LogP contribution is -2.54. The van der Waals surface area contributed by atoms with Crippen molar-refractivity contribution >= 4 is 5.91 Å². The van der Waals surface area contributed by atoms with E-state index in [0.29, 0.717) is 5.92 Å². The Labute approximate surface area is 111 Å². The molecule has 4 nitrogen and oxygen atoms in total. The molecule has 1 aliphatic heterocycles. The van der Waals surface area contributed by atoms with Crippen LogP contribution in [0.1, 0.15) is 46.5 Å². The first-order valence-corrected chi connectivity index (χ1v) is 7.19. The van der Waals surface area contributed by atoms with Gasteiger partial charge in [-0.3, -0.25) is 4.79 Å². The number of hydrogen-bond donors (Lipinski definition) is 2. The third-order valence-corrected chi connectivity index (χ3v) is 4.26. The van der Waals surface area contributed by atoms with Crippen molar-refractivity contribution in [3.63, 3.8) is 0 Å². The zero-order valence-corrected chi connectivity index (χ0v) is 12.3. The van der Waals surface area contributed by atoms with Gasteiger partial charge in [-0.25, -0.2) is 0 Å². The maximum Gasteiger partial charge on any atom is 0.242 e. The number of carbonyl (C=O) groups is 1. The molecule has 1 saturated heterocycles. The van der Waals surface area contributed by atoms with E-state index >= 15 is 0 Å². The first-order chi connectivity index (χ1) is 8.43. The molecule has 0 radical (unpaired) electrons. The van der Waals surface area contributed by atoms with Crippen molar-refractivity contribution in [1.29, 1.82) is 0 Å². The predicted octanol–water partition coefficient (Wildman–Crippen LogP) is 1.35. The van der Waals surface area contributed by atoms with E-state index in [1.165, 1.54) is 0 Å². The molecule has 1 fully saturated rings. The average molecular weight is 255 g/mol. The SMILES string of the molecule is CCC1(C(=O)N(C)CCC(N)C(C)C)CCCN1. The van der Waals surface area contributed by atoms with Crippen LogP contribution in [0.15, 0.2) is 0 Å². The van der Waals surface area contributed by atoms with E-state index in [1.807, 2.05) is 11.9 Å². The number of nitrogens with zero attached hydrogens (tertiary/aromatic N) is 1. The molecule has 106 valence electrons. The highest BCUT2D eigenvalue weighted by atomic mass is 16.2. The number of nitrogens with two attached hydrogens (primary N) is 1. The lowest BCUT2D eigenvalue weighted by molar-refractivity contribution is -0.136. The van der Waals surface area contributed by atoms with Gasteiger partial charge >= 0.3 is 0 Å². The van der Waals surface area contributed by atoms with Crippen molar-refractivity contribution in [3.8, 4) is 0 Å². The van der Waals surface area contributed by atoms with Crippen LogP contribution in [-0.4, -0.2) is 42.5 Å². The highest BCUT2D eigenvalue weighted by Crippen LogP contribution is 2.25. The Hall–Kier alpha value is -0.610. The van der Waals surface area contributed by atoms with Crippen molar-refractivity contribution in [1.82, 2.24) is 10.2 Å². The van der Waals surface area contributed by atoms with Gasteiger partial charge in [-0.2, -0.15) is 0 Å². The quantitative estimate of drug-likeness (QED) is 0.753. The molecule has 1 amide bonds. The molecule has 0 spiro atoms. The van der Waals surface area contributed by atoms with Crippen LogP contribution < -0.4 is 11.1 Å². The zero-order valence-electron chi connectivity index (χ0n) is 12.3. The summed E-state index contributed by atoms with van der Waals surface area (Å²) in [6.45, 7) is 8.04. The largest absolute Gasteiger partial charge is 0.344 e. The molecule has 1 aliphatic rings. The molecule has 0 bridgehead atoms. The first-order valence-electron chi connectivity index (χ1n) is 7.19. The third kappa shape index (κ3) is 3.45. The summed E-state index contributed by atoms with van der Waals surface area (Å²) in [5.74, 6) is 0.705. The van der Waals surface area contributed by atoms with Crippen LogP contribution in [0.3, 0.4) is 0 Å². The Balaban J connectivity index is 2.50. The number of nitrogens with one attached hydrogen (secondary N) is 1. The Morgan fingerprint density at radius 3 is 2.61 bits per heavy atom. The van der Waals surface area contributed by atoms with E-state index in [2.05, 4.69) is 26.1 Å². The molecule has 0 aliphatic carbocycles. The molecular weight excluding hydrogens is 226 g/mol. The van der Waals surface area contributed by atoms with Gasteiger partial charge in [0.1, 0.15) is 0 Å². The van der Waals surface area contributed by atoms with Crippen molar-refractivity contribution in [2.45, 2.75) is 58.0 Å². The normalized spacial score (nSPS) is 25.4. The van der Waals surface area contributed by atoms with Gasteiger partial charge in [0, 0.05) is 19.6 Å². The summed E-state index contributed by atoms with van der Waals surface area (Å²) in [4.78, 5) is 14.4. The van der Waals surface area contributed by atoms with Crippen molar-refractivity contribution in [3.05, 3.63) is 0 Å². The number of amides is 1. The molecule has 3 N–H and O–H groups in total. The van der Waals surface area contributed by atoms with Crippen LogP contribution in [0.5, 0.6) is 0 Å². The van der Waals surface area contributed by atoms with Gasteiger partial charge in [-0.05, 0) is 38.1 Å². The van der Waals surface area contributed by atoms with Crippen LogP contribution in [0.25, 0.3) is 0 Å². The van der Waals surface area contributed by atoms with Gasteiger partial charge in [0.2, 0.25) is 5.91 Å². The molecule has 18 heavy (non-hydrogen) atoms. The van der Waals surface area contributed by atoms with E-state index in [4.69, 9.17) is 5.73 Å². The highest BCUT2D eigenvalue weighted by molar-refractivity contribution is 5.86. The van der Waals surface area contributed by atoms with Crippen LogP contribution in [0.2, 0.25) is 0 Å². The first kappa shape index (κ1) is 15.4. The topological polar surface area (TPSA) is 58.4 Å². The highest BCUT2D eigenvalue weighted by Gasteiger charge is 2.40. The third-order valence-electron chi connectivity index (χ3n) is 4.26. The standard InChI is InChI=1S/C14H29N3O/c1-5-14(8-6-9-16-14)13(18)17(4)10-7-12(15)11(2)3/h11-12,16H,5-10,15H2,1-4H3. The maximum absolute atomic E-state index is 12.5. The minimum atomic E-state index is -0.309. The van der Waals surface area contributed by atoms with E-state index in [1.54, 1.807) is 0 Å².